The molecule has 3 aliphatic rings. The van der Waals surface area contributed by atoms with Gasteiger partial charge in [0.1, 0.15) is 5.60 Å². The Hall–Kier alpha value is -1.17. The monoisotopic (exact) mass is 467 g/mol. The maximum atomic E-state index is 12.0. The fraction of sp³-hybridized carbons (Fsp3) is 0.708. The normalized spacial score (nSPS) is 25.6. The van der Waals surface area contributed by atoms with Crippen molar-refractivity contribution in [3.63, 3.8) is 0 Å². The van der Waals surface area contributed by atoms with Gasteiger partial charge in [-0.3, -0.25) is 0 Å². The van der Waals surface area contributed by atoms with Gasteiger partial charge in [-0.15, -0.1) is 0 Å². The van der Waals surface area contributed by atoms with Crippen LogP contribution >= 0.6 is 23.2 Å². The maximum Gasteiger partial charge on any atom is 0.407 e. The molecule has 4 rings (SSSR count). The van der Waals surface area contributed by atoms with Crippen LogP contribution in [0.2, 0.25) is 10.0 Å². The van der Waals surface area contributed by atoms with E-state index in [0.717, 1.165) is 37.5 Å². The highest BCUT2D eigenvalue weighted by Crippen LogP contribution is 2.45. The minimum Gasteiger partial charge on any atom is -0.444 e. The number of hydrogen-bond donors (Lipinski definition) is 1. The summed E-state index contributed by atoms with van der Waals surface area (Å²) in [7, 11) is 0. The van der Waals surface area contributed by atoms with E-state index in [0.29, 0.717) is 15.5 Å². The molecule has 2 heterocycles. The number of nitrogens with one attached hydrogen (secondary N) is 1. The van der Waals surface area contributed by atoms with Crippen LogP contribution < -0.4 is 10.2 Å². The van der Waals surface area contributed by atoms with Gasteiger partial charge in [0.25, 0.3) is 0 Å². The van der Waals surface area contributed by atoms with Crippen LogP contribution in [0.4, 0.5) is 10.5 Å². The highest BCUT2D eigenvalue weighted by atomic mass is 35.5. The quantitative estimate of drug-likeness (QED) is 0.612. The van der Waals surface area contributed by atoms with Crippen LogP contribution in [0.5, 0.6) is 0 Å². The SMILES string of the molecule is CC(C)(C)OC(=O)N[C@H]1CC[C@H](CCN2CC3(C2)CN(c2cccc(Cl)c2Cl)C3)CC1. The van der Waals surface area contributed by atoms with Crippen molar-refractivity contribution in [2.24, 2.45) is 11.3 Å². The molecule has 1 spiro atoms. The third-order valence-electron chi connectivity index (χ3n) is 6.86. The van der Waals surface area contributed by atoms with E-state index < -0.39 is 5.60 Å². The highest BCUT2D eigenvalue weighted by molar-refractivity contribution is 6.43. The molecule has 2 aliphatic heterocycles. The molecule has 1 aromatic rings. The molecule has 3 fully saturated rings. The number of anilines is 1. The summed E-state index contributed by atoms with van der Waals surface area (Å²) in [6.07, 6.45) is 5.49. The largest absolute Gasteiger partial charge is 0.444 e. The number of alkyl carbamates (subject to hydrolysis) is 1. The fourth-order valence-electron chi connectivity index (χ4n) is 5.37. The number of ether oxygens (including phenoxy) is 1. The minimum atomic E-state index is -0.437. The summed E-state index contributed by atoms with van der Waals surface area (Å²) < 4.78 is 5.38. The second kappa shape index (κ2) is 8.99. The molecule has 0 radical (unpaired) electrons. The molecule has 1 aliphatic carbocycles. The van der Waals surface area contributed by atoms with Crippen molar-refractivity contribution < 1.29 is 9.53 Å². The van der Waals surface area contributed by atoms with Gasteiger partial charge in [0.05, 0.1) is 15.7 Å². The number of amides is 1. The zero-order valence-electron chi connectivity index (χ0n) is 18.9. The Morgan fingerprint density at radius 2 is 1.81 bits per heavy atom. The molecular weight excluding hydrogens is 433 g/mol. The van der Waals surface area contributed by atoms with Gasteiger partial charge < -0.3 is 19.9 Å². The molecule has 1 saturated carbocycles. The first kappa shape index (κ1) is 23.0. The van der Waals surface area contributed by atoms with Crippen molar-refractivity contribution in [3.05, 3.63) is 28.2 Å². The van der Waals surface area contributed by atoms with Crippen molar-refractivity contribution >= 4 is 35.0 Å². The summed E-state index contributed by atoms with van der Waals surface area (Å²) in [6.45, 7) is 11.4. The molecule has 0 bridgehead atoms. The van der Waals surface area contributed by atoms with Crippen LogP contribution in [0.15, 0.2) is 18.2 Å². The summed E-state index contributed by atoms with van der Waals surface area (Å²) in [6, 6.07) is 6.14. The summed E-state index contributed by atoms with van der Waals surface area (Å²) in [5, 5.41) is 4.34. The highest BCUT2D eigenvalue weighted by Gasteiger charge is 2.51. The molecule has 0 atom stereocenters. The summed E-state index contributed by atoms with van der Waals surface area (Å²) in [5.41, 5.74) is 1.07. The molecule has 2 saturated heterocycles. The van der Waals surface area contributed by atoms with Gasteiger partial charge in [-0.25, -0.2) is 4.79 Å². The predicted molar refractivity (Wildman–Crippen MR) is 127 cm³/mol. The minimum absolute atomic E-state index is 0.262. The predicted octanol–water partition coefficient (Wildman–Crippen LogP) is 5.59. The number of benzene rings is 1. The van der Waals surface area contributed by atoms with Gasteiger partial charge in [-0.1, -0.05) is 29.3 Å². The first-order valence-corrected chi connectivity index (χ1v) is 12.3. The maximum absolute atomic E-state index is 12.0. The number of carbonyl (C=O) groups excluding carboxylic acids is 1. The number of carbonyl (C=O) groups is 1. The van der Waals surface area contributed by atoms with Crippen LogP contribution in [-0.4, -0.2) is 55.4 Å². The number of likely N-dealkylation sites (tertiary alicyclic amines) is 1. The van der Waals surface area contributed by atoms with E-state index in [-0.39, 0.29) is 12.1 Å². The third kappa shape index (κ3) is 5.61. The standard InChI is InChI=1S/C24H35Cl2N3O2/c1-23(2,3)31-22(30)27-18-9-7-17(8-10-18)11-12-28-13-24(14-28)15-29(16-24)20-6-4-5-19(25)21(20)26/h4-6,17-18H,7-16H2,1-3H3,(H,27,30)/t17-,18-. The molecular formula is C24H35Cl2N3O2. The molecule has 5 nitrogen and oxygen atoms in total. The third-order valence-corrected chi connectivity index (χ3v) is 7.67. The van der Waals surface area contributed by atoms with E-state index in [1.807, 2.05) is 32.9 Å². The van der Waals surface area contributed by atoms with Crippen molar-refractivity contribution in [1.29, 1.82) is 0 Å². The Labute approximate surface area is 196 Å². The molecule has 0 aromatic heterocycles. The number of hydrogen-bond acceptors (Lipinski definition) is 4. The van der Waals surface area contributed by atoms with Gasteiger partial charge in [-0.2, -0.15) is 0 Å². The Bertz CT molecular complexity index is 789. The molecule has 31 heavy (non-hydrogen) atoms. The van der Waals surface area contributed by atoms with Crippen LogP contribution in [0.1, 0.15) is 52.9 Å². The summed E-state index contributed by atoms with van der Waals surface area (Å²) in [5.74, 6) is 0.774. The van der Waals surface area contributed by atoms with Crippen LogP contribution in [-0.2, 0) is 4.74 Å². The van der Waals surface area contributed by atoms with E-state index in [1.165, 1.54) is 38.9 Å². The molecule has 7 heteroatoms. The average Bonchev–Trinajstić information content (AvgIpc) is 2.62. The van der Waals surface area contributed by atoms with Crippen molar-refractivity contribution in [3.8, 4) is 0 Å². The Balaban J connectivity index is 1.11. The first-order valence-electron chi connectivity index (χ1n) is 11.5. The van der Waals surface area contributed by atoms with E-state index in [4.69, 9.17) is 27.9 Å². The Kier molecular flexibility index (Phi) is 6.67. The van der Waals surface area contributed by atoms with E-state index in [9.17, 15) is 4.79 Å². The molecule has 0 unspecified atom stereocenters. The molecule has 1 N–H and O–H groups in total. The van der Waals surface area contributed by atoms with Gasteiger partial charge >= 0.3 is 6.09 Å². The number of halogens is 2. The Morgan fingerprint density at radius 1 is 1.13 bits per heavy atom. The van der Waals surface area contributed by atoms with Crippen molar-refractivity contribution in [2.45, 2.75) is 64.5 Å². The van der Waals surface area contributed by atoms with Crippen LogP contribution in [0.25, 0.3) is 0 Å². The average molecular weight is 468 g/mol. The van der Waals surface area contributed by atoms with Crippen LogP contribution in [0.3, 0.4) is 0 Å². The van der Waals surface area contributed by atoms with E-state index in [2.05, 4.69) is 21.2 Å². The fourth-order valence-corrected chi connectivity index (χ4v) is 5.78. The molecule has 1 amide bonds. The van der Waals surface area contributed by atoms with Crippen molar-refractivity contribution in [1.82, 2.24) is 10.2 Å². The lowest BCUT2D eigenvalue weighted by atomic mass is 9.72. The second-order valence-electron chi connectivity index (χ2n) is 10.8. The second-order valence-corrected chi connectivity index (χ2v) is 11.6. The van der Waals surface area contributed by atoms with Gasteiger partial charge in [0, 0.05) is 37.6 Å². The van der Waals surface area contributed by atoms with Crippen molar-refractivity contribution in [2.75, 3.05) is 37.6 Å². The van der Waals surface area contributed by atoms with E-state index >= 15 is 0 Å². The first-order chi connectivity index (χ1) is 14.6. The molecule has 1 aromatic carbocycles. The lowest BCUT2D eigenvalue weighted by Gasteiger charge is -2.61. The smallest absolute Gasteiger partial charge is 0.407 e. The molecule has 172 valence electrons. The Morgan fingerprint density at radius 3 is 2.45 bits per heavy atom. The lowest BCUT2D eigenvalue weighted by molar-refractivity contribution is -0.0253. The van der Waals surface area contributed by atoms with Gasteiger partial charge in [-0.05, 0) is 77.5 Å². The van der Waals surface area contributed by atoms with E-state index in [1.54, 1.807) is 0 Å². The zero-order chi connectivity index (χ0) is 22.2. The summed E-state index contributed by atoms with van der Waals surface area (Å²) in [4.78, 5) is 16.9. The van der Waals surface area contributed by atoms with Gasteiger partial charge in [0.15, 0.2) is 0 Å². The topological polar surface area (TPSA) is 44.8 Å². The van der Waals surface area contributed by atoms with Crippen LogP contribution in [0, 0.1) is 11.3 Å². The number of nitrogens with zero attached hydrogens (tertiary/aromatic N) is 2. The van der Waals surface area contributed by atoms with Gasteiger partial charge in [0.2, 0.25) is 0 Å². The summed E-state index contributed by atoms with van der Waals surface area (Å²) >= 11 is 12.5. The zero-order valence-corrected chi connectivity index (χ0v) is 20.4. The lowest BCUT2D eigenvalue weighted by Crippen LogP contribution is -2.72. The number of rotatable bonds is 5.